The highest BCUT2D eigenvalue weighted by Crippen LogP contribution is 2.28. The largest absolute Gasteiger partial charge is 0.404 e. The van der Waals surface area contributed by atoms with Gasteiger partial charge in [0.1, 0.15) is 0 Å². The van der Waals surface area contributed by atoms with Gasteiger partial charge in [-0.3, -0.25) is 0 Å². The average molecular weight is 246 g/mol. The summed E-state index contributed by atoms with van der Waals surface area (Å²) >= 11 is 11.8. The number of halogens is 2. The standard InChI is InChI=1S/C11H13Cl2NO/c12-9-4-5-11(10(13)8-9)15-14-6-2-1-3-7-14/h4-5,8H,1-3,6-7H2. The second-order valence-electron chi connectivity index (χ2n) is 3.66. The van der Waals surface area contributed by atoms with Crippen molar-refractivity contribution in [2.24, 2.45) is 0 Å². The third kappa shape index (κ3) is 3.00. The van der Waals surface area contributed by atoms with Crippen LogP contribution < -0.4 is 4.84 Å². The summed E-state index contributed by atoms with van der Waals surface area (Å²) in [7, 11) is 0. The highest BCUT2D eigenvalue weighted by atomic mass is 35.5. The Morgan fingerprint density at radius 1 is 1.07 bits per heavy atom. The summed E-state index contributed by atoms with van der Waals surface area (Å²) in [6, 6.07) is 5.29. The first kappa shape index (κ1) is 11.1. The molecule has 0 radical (unpaired) electrons. The van der Waals surface area contributed by atoms with Crippen LogP contribution in [0.4, 0.5) is 0 Å². The topological polar surface area (TPSA) is 12.5 Å². The monoisotopic (exact) mass is 245 g/mol. The lowest BCUT2D eigenvalue weighted by Gasteiger charge is -2.26. The molecule has 1 saturated heterocycles. The summed E-state index contributed by atoms with van der Waals surface area (Å²) in [6.07, 6.45) is 3.66. The van der Waals surface area contributed by atoms with Crippen molar-refractivity contribution >= 4 is 23.2 Å². The minimum atomic E-state index is 0.563. The summed E-state index contributed by atoms with van der Waals surface area (Å²) in [5.74, 6) is 0.683. The van der Waals surface area contributed by atoms with Crippen LogP contribution in [-0.2, 0) is 0 Å². The van der Waals surface area contributed by atoms with E-state index in [0.717, 1.165) is 13.1 Å². The molecule has 0 unspecified atom stereocenters. The van der Waals surface area contributed by atoms with Crippen molar-refractivity contribution in [3.05, 3.63) is 28.2 Å². The molecule has 0 saturated carbocycles. The van der Waals surface area contributed by atoms with Crippen molar-refractivity contribution in [2.45, 2.75) is 19.3 Å². The van der Waals surface area contributed by atoms with E-state index in [-0.39, 0.29) is 0 Å². The van der Waals surface area contributed by atoms with Gasteiger partial charge in [0.25, 0.3) is 0 Å². The van der Waals surface area contributed by atoms with Crippen LogP contribution in [0.15, 0.2) is 18.2 Å². The molecule has 1 aromatic carbocycles. The molecule has 1 aromatic rings. The Morgan fingerprint density at radius 2 is 1.80 bits per heavy atom. The normalized spacial score (nSPS) is 17.7. The van der Waals surface area contributed by atoms with E-state index < -0.39 is 0 Å². The van der Waals surface area contributed by atoms with Gasteiger partial charge in [-0.15, -0.1) is 5.06 Å². The van der Waals surface area contributed by atoms with E-state index in [1.165, 1.54) is 19.3 Å². The molecule has 0 N–H and O–H groups in total. The lowest BCUT2D eigenvalue weighted by Crippen LogP contribution is -2.32. The summed E-state index contributed by atoms with van der Waals surface area (Å²) in [5.41, 5.74) is 0. The van der Waals surface area contributed by atoms with Gasteiger partial charge in [0.15, 0.2) is 5.75 Å². The molecule has 0 atom stereocenters. The summed E-state index contributed by atoms with van der Waals surface area (Å²) in [6.45, 7) is 1.94. The molecule has 1 heterocycles. The molecule has 1 aliphatic heterocycles. The number of hydrogen-bond acceptors (Lipinski definition) is 2. The zero-order valence-corrected chi connectivity index (χ0v) is 9.89. The van der Waals surface area contributed by atoms with Crippen LogP contribution in [0.5, 0.6) is 5.75 Å². The third-order valence-electron chi connectivity index (χ3n) is 2.44. The summed E-state index contributed by atoms with van der Waals surface area (Å²) in [4.78, 5) is 5.68. The van der Waals surface area contributed by atoms with E-state index >= 15 is 0 Å². The van der Waals surface area contributed by atoms with E-state index in [2.05, 4.69) is 0 Å². The molecule has 2 nitrogen and oxygen atoms in total. The van der Waals surface area contributed by atoms with Crippen molar-refractivity contribution in [3.63, 3.8) is 0 Å². The fourth-order valence-electron chi connectivity index (χ4n) is 1.64. The Kier molecular flexibility index (Phi) is 3.73. The third-order valence-corrected chi connectivity index (χ3v) is 2.97. The molecule has 2 rings (SSSR count). The minimum absolute atomic E-state index is 0.563. The molecule has 0 amide bonds. The zero-order valence-electron chi connectivity index (χ0n) is 8.38. The molecule has 0 spiro atoms. The predicted molar refractivity (Wildman–Crippen MR) is 62.5 cm³/mol. The van der Waals surface area contributed by atoms with Gasteiger partial charge in [-0.1, -0.05) is 29.6 Å². The zero-order chi connectivity index (χ0) is 10.7. The van der Waals surface area contributed by atoms with Crippen LogP contribution >= 0.6 is 23.2 Å². The van der Waals surface area contributed by atoms with Crippen molar-refractivity contribution in [3.8, 4) is 5.75 Å². The number of benzene rings is 1. The van der Waals surface area contributed by atoms with E-state index in [0.29, 0.717) is 15.8 Å². The maximum atomic E-state index is 6.01. The first-order valence-electron chi connectivity index (χ1n) is 5.14. The molecule has 82 valence electrons. The molecule has 15 heavy (non-hydrogen) atoms. The van der Waals surface area contributed by atoms with Crippen LogP contribution in [0.1, 0.15) is 19.3 Å². The Labute approximate surface area is 99.7 Å². The minimum Gasteiger partial charge on any atom is -0.404 e. The number of piperidine rings is 1. The van der Waals surface area contributed by atoms with Gasteiger partial charge in [-0.2, -0.15) is 0 Å². The van der Waals surface area contributed by atoms with Crippen LogP contribution in [0.25, 0.3) is 0 Å². The molecule has 0 aromatic heterocycles. The van der Waals surface area contributed by atoms with Gasteiger partial charge < -0.3 is 4.84 Å². The maximum absolute atomic E-state index is 6.01. The molecule has 4 heteroatoms. The highest BCUT2D eigenvalue weighted by molar-refractivity contribution is 6.35. The maximum Gasteiger partial charge on any atom is 0.166 e. The van der Waals surface area contributed by atoms with Crippen molar-refractivity contribution < 1.29 is 4.84 Å². The number of hydroxylamine groups is 2. The molecular weight excluding hydrogens is 233 g/mol. The van der Waals surface area contributed by atoms with E-state index in [4.69, 9.17) is 28.0 Å². The van der Waals surface area contributed by atoms with Gasteiger partial charge in [-0.05, 0) is 31.0 Å². The Hall–Kier alpha value is -0.440. The number of rotatable bonds is 2. The van der Waals surface area contributed by atoms with Gasteiger partial charge in [0.05, 0.1) is 5.02 Å². The fourth-order valence-corrected chi connectivity index (χ4v) is 2.09. The quantitative estimate of drug-likeness (QED) is 0.787. The lowest BCUT2D eigenvalue weighted by molar-refractivity contribution is -0.0719. The van der Waals surface area contributed by atoms with Crippen molar-refractivity contribution in [1.82, 2.24) is 5.06 Å². The van der Waals surface area contributed by atoms with E-state index in [9.17, 15) is 0 Å². The number of nitrogens with zero attached hydrogens (tertiary/aromatic N) is 1. The van der Waals surface area contributed by atoms with Crippen LogP contribution in [-0.4, -0.2) is 18.2 Å². The molecule has 1 aliphatic rings. The molecular formula is C11H13Cl2NO. The summed E-state index contributed by atoms with van der Waals surface area (Å²) in [5, 5.41) is 3.15. The predicted octanol–water partition coefficient (Wildman–Crippen LogP) is 3.77. The van der Waals surface area contributed by atoms with Gasteiger partial charge in [0, 0.05) is 18.1 Å². The van der Waals surface area contributed by atoms with Crippen LogP contribution in [0, 0.1) is 0 Å². The first-order chi connectivity index (χ1) is 7.25. The lowest BCUT2D eigenvalue weighted by atomic mass is 10.2. The SMILES string of the molecule is Clc1ccc(ON2CCCCC2)c(Cl)c1. The second kappa shape index (κ2) is 5.06. The van der Waals surface area contributed by atoms with Gasteiger partial charge >= 0.3 is 0 Å². The summed E-state index contributed by atoms with van der Waals surface area (Å²) < 4.78 is 0. The molecule has 1 fully saturated rings. The average Bonchev–Trinajstić information content (AvgIpc) is 2.24. The fraction of sp³-hybridized carbons (Fsp3) is 0.455. The van der Waals surface area contributed by atoms with Gasteiger partial charge in [0.2, 0.25) is 0 Å². The van der Waals surface area contributed by atoms with Gasteiger partial charge in [-0.25, -0.2) is 0 Å². The Morgan fingerprint density at radius 3 is 2.47 bits per heavy atom. The first-order valence-corrected chi connectivity index (χ1v) is 5.89. The molecule has 0 bridgehead atoms. The number of hydrogen-bond donors (Lipinski definition) is 0. The highest BCUT2D eigenvalue weighted by Gasteiger charge is 2.13. The van der Waals surface area contributed by atoms with E-state index in [1.54, 1.807) is 18.2 Å². The molecule has 0 aliphatic carbocycles. The Bertz CT molecular complexity index is 337. The second-order valence-corrected chi connectivity index (χ2v) is 4.50. The van der Waals surface area contributed by atoms with Crippen LogP contribution in [0.2, 0.25) is 10.0 Å². The Balaban J connectivity index is 2.03. The van der Waals surface area contributed by atoms with Crippen molar-refractivity contribution in [1.29, 1.82) is 0 Å². The van der Waals surface area contributed by atoms with E-state index in [1.807, 2.05) is 5.06 Å². The smallest absolute Gasteiger partial charge is 0.166 e. The van der Waals surface area contributed by atoms with Crippen molar-refractivity contribution in [2.75, 3.05) is 13.1 Å². The van der Waals surface area contributed by atoms with Crippen LogP contribution in [0.3, 0.4) is 0 Å².